The molecule has 0 radical (unpaired) electrons. The molecule has 0 saturated carbocycles. The van der Waals surface area contributed by atoms with E-state index in [4.69, 9.17) is 18.9 Å². The number of nitrogens with one attached hydrogen (secondary N) is 2. The van der Waals surface area contributed by atoms with Gasteiger partial charge < -0.3 is 29.6 Å². The number of rotatable bonds is 5. The van der Waals surface area contributed by atoms with Gasteiger partial charge in [-0.05, 0) is 18.1 Å². The lowest BCUT2D eigenvalue weighted by atomic mass is 10.0. The highest BCUT2D eigenvalue weighted by Gasteiger charge is 2.21. The van der Waals surface area contributed by atoms with Gasteiger partial charge in [0, 0.05) is 12.1 Å². The first-order chi connectivity index (χ1) is 12.6. The highest BCUT2D eigenvalue weighted by atomic mass is 16.5. The molecular formula is C19H22N2O5. The fourth-order valence-electron chi connectivity index (χ4n) is 2.93. The Morgan fingerprint density at radius 1 is 1.08 bits per heavy atom. The van der Waals surface area contributed by atoms with E-state index in [1.54, 1.807) is 12.1 Å². The first-order valence-corrected chi connectivity index (χ1v) is 8.22. The molecule has 7 heteroatoms. The Balaban J connectivity index is 1.67. The lowest BCUT2D eigenvalue weighted by Gasteiger charge is -2.26. The third-order valence-corrected chi connectivity index (χ3v) is 4.14. The van der Waals surface area contributed by atoms with Crippen LogP contribution in [0.1, 0.15) is 5.56 Å². The van der Waals surface area contributed by atoms with Gasteiger partial charge in [-0.15, -0.1) is 0 Å². The number of hydrogen-bond acceptors (Lipinski definition) is 5. The largest absolute Gasteiger partial charge is 0.493 e. The summed E-state index contributed by atoms with van der Waals surface area (Å²) < 4.78 is 21.6. The SMILES string of the molecule is COc1cc(NC(=O)NC2COc3ccccc3C2)cc(OC)c1OC. The maximum absolute atomic E-state index is 12.4. The zero-order chi connectivity index (χ0) is 18.5. The summed E-state index contributed by atoms with van der Waals surface area (Å²) >= 11 is 0. The molecule has 2 N–H and O–H groups in total. The summed E-state index contributed by atoms with van der Waals surface area (Å²) in [5.41, 5.74) is 1.62. The molecule has 0 saturated heterocycles. The molecule has 0 aliphatic carbocycles. The van der Waals surface area contributed by atoms with Crippen LogP contribution in [0.15, 0.2) is 36.4 Å². The normalized spacial score (nSPS) is 15.3. The van der Waals surface area contributed by atoms with Crippen LogP contribution in [0.3, 0.4) is 0 Å². The van der Waals surface area contributed by atoms with Crippen molar-refractivity contribution in [2.45, 2.75) is 12.5 Å². The van der Waals surface area contributed by atoms with Crippen molar-refractivity contribution >= 4 is 11.7 Å². The number of carbonyl (C=O) groups is 1. The van der Waals surface area contributed by atoms with Gasteiger partial charge in [0.05, 0.1) is 33.1 Å². The van der Waals surface area contributed by atoms with Crippen molar-refractivity contribution in [1.82, 2.24) is 5.32 Å². The van der Waals surface area contributed by atoms with Crippen molar-refractivity contribution in [3.63, 3.8) is 0 Å². The van der Waals surface area contributed by atoms with Crippen molar-refractivity contribution in [3.05, 3.63) is 42.0 Å². The van der Waals surface area contributed by atoms with Crippen LogP contribution in [0.25, 0.3) is 0 Å². The Bertz CT molecular complexity index is 768. The number of hydrogen-bond donors (Lipinski definition) is 2. The van der Waals surface area contributed by atoms with E-state index in [0.717, 1.165) is 17.7 Å². The number of amides is 2. The number of carbonyl (C=O) groups excluding carboxylic acids is 1. The third kappa shape index (κ3) is 3.77. The number of benzene rings is 2. The molecular weight excluding hydrogens is 336 g/mol. The van der Waals surface area contributed by atoms with Crippen LogP contribution in [0.2, 0.25) is 0 Å². The van der Waals surface area contributed by atoms with Gasteiger partial charge in [-0.3, -0.25) is 0 Å². The standard InChI is InChI=1S/C19H22N2O5/c1-23-16-9-13(10-17(24-2)18(16)25-3)20-19(22)21-14-8-12-6-4-5-7-15(12)26-11-14/h4-7,9-10,14H,8,11H2,1-3H3,(H2,20,21,22). The molecule has 138 valence electrons. The Morgan fingerprint density at radius 3 is 2.42 bits per heavy atom. The fraction of sp³-hybridized carbons (Fsp3) is 0.316. The quantitative estimate of drug-likeness (QED) is 0.859. The van der Waals surface area contributed by atoms with Gasteiger partial charge in [0.2, 0.25) is 5.75 Å². The maximum atomic E-state index is 12.4. The third-order valence-electron chi connectivity index (χ3n) is 4.14. The maximum Gasteiger partial charge on any atom is 0.319 e. The Labute approximate surface area is 152 Å². The summed E-state index contributed by atoms with van der Waals surface area (Å²) in [5, 5.41) is 5.72. The monoisotopic (exact) mass is 358 g/mol. The lowest BCUT2D eigenvalue weighted by molar-refractivity contribution is 0.222. The zero-order valence-corrected chi connectivity index (χ0v) is 15.0. The topological polar surface area (TPSA) is 78.1 Å². The highest BCUT2D eigenvalue weighted by molar-refractivity contribution is 5.90. The molecule has 2 aromatic rings. The summed E-state index contributed by atoms with van der Waals surface area (Å²) in [6.07, 6.45) is 0.721. The van der Waals surface area contributed by atoms with Gasteiger partial charge in [-0.1, -0.05) is 18.2 Å². The first kappa shape index (κ1) is 17.7. The number of urea groups is 1. The summed E-state index contributed by atoms with van der Waals surface area (Å²) in [6, 6.07) is 10.7. The van der Waals surface area contributed by atoms with Gasteiger partial charge in [0.1, 0.15) is 12.4 Å². The first-order valence-electron chi connectivity index (χ1n) is 8.22. The van der Waals surface area contributed by atoms with Gasteiger partial charge in [-0.25, -0.2) is 4.79 Å². The van der Waals surface area contributed by atoms with Crippen LogP contribution in [0.5, 0.6) is 23.0 Å². The van der Waals surface area contributed by atoms with Crippen LogP contribution in [-0.4, -0.2) is 40.0 Å². The average molecular weight is 358 g/mol. The molecule has 2 amide bonds. The van der Waals surface area contributed by atoms with Gasteiger partial charge in [0.25, 0.3) is 0 Å². The van der Waals surface area contributed by atoms with Crippen molar-refractivity contribution in [1.29, 1.82) is 0 Å². The molecule has 1 aliphatic rings. The second-order valence-electron chi connectivity index (χ2n) is 5.83. The smallest absolute Gasteiger partial charge is 0.319 e. The van der Waals surface area contributed by atoms with Crippen LogP contribution >= 0.6 is 0 Å². The van der Waals surface area contributed by atoms with E-state index in [1.807, 2.05) is 24.3 Å². The van der Waals surface area contributed by atoms with Crippen LogP contribution in [0.4, 0.5) is 10.5 Å². The molecule has 0 fully saturated rings. The Kier molecular flexibility index (Phi) is 5.36. The van der Waals surface area contributed by atoms with Crippen molar-refractivity contribution < 1.29 is 23.7 Å². The zero-order valence-electron chi connectivity index (χ0n) is 15.0. The molecule has 3 rings (SSSR count). The molecule has 26 heavy (non-hydrogen) atoms. The Morgan fingerprint density at radius 2 is 1.77 bits per heavy atom. The number of ether oxygens (including phenoxy) is 4. The second-order valence-corrected chi connectivity index (χ2v) is 5.83. The molecule has 1 atom stereocenters. The van der Waals surface area contributed by atoms with E-state index in [-0.39, 0.29) is 12.1 Å². The molecule has 0 bridgehead atoms. The minimum absolute atomic E-state index is 0.105. The van der Waals surface area contributed by atoms with E-state index in [2.05, 4.69) is 10.6 Å². The van der Waals surface area contributed by atoms with Crippen LogP contribution < -0.4 is 29.6 Å². The summed E-state index contributed by atoms with van der Waals surface area (Å²) in [5.74, 6) is 2.28. The van der Waals surface area contributed by atoms with Crippen molar-refractivity contribution in [3.8, 4) is 23.0 Å². The van der Waals surface area contributed by atoms with Gasteiger partial charge in [0.15, 0.2) is 11.5 Å². The molecule has 0 spiro atoms. The van der Waals surface area contributed by atoms with Crippen molar-refractivity contribution in [2.24, 2.45) is 0 Å². The van der Waals surface area contributed by atoms with E-state index in [9.17, 15) is 4.79 Å². The van der Waals surface area contributed by atoms with Gasteiger partial charge >= 0.3 is 6.03 Å². The predicted molar refractivity (Wildman–Crippen MR) is 97.7 cm³/mol. The van der Waals surface area contributed by atoms with Gasteiger partial charge in [-0.2, -0.15) is 0 Å². The van der Waals surface area contributed by atoms with Crippen LogP contribution in [-0.2, 0) is 6.42 Å². The molecule has 2 aromatic carbocycles. The molecule has 7 nitrogen and oxygen atoms in total. The Hall–Kier alpha value is -3.09. The summed E-state index contributed by atoms with van der Waals surface area (Å²) in [7, 11) is 4.58. The summed E-state index contributed by atoms with van der Waals surface area (Å²) in [4.78, 5) is 12.4. The van der Waals surface area contributed by atoms with E-state index < -0.39 is 0 Å². The van der Waals surface area contributed by atoms with Crippen molar-refractivity contribution in [2.75, 3.05) is 33.3 Å². The van der Waals surface area contributed by atoms with E-state index in [1.165, 1.54) is 21.3 Å². The van der Waals surface area contributed by atoms with E-state index in [0.29, 0.717) is 29.5 Å². The lowest BCUT2D eigenvalue weighted by Crippen LogP contribution is -2.44. The number of methoxy groups -OCH3 is 3. The van der Waals surface area contributed by atoms with Crippen LogP contribution in [0, 0.1) is 0 Å². The minimum Gasteiger partial charge on any atom is -0.493 e. The average Bonchev–Trinajstić information content (AvgIpc) is 2.66. The second kappa shape index (κ2) is 7.86. The number of para-hydroxylation sites is 1. The minimum atomic E-state index is -0.327. The highest BCUT2D eigenvalue weighted by Crippen LogP contribution is 2.39. The predicted octanol–water partition coefficient (Wildman–Crippen LogP) is 2.84. The number of anilines is 1. The number of fused-ring (bicyclic) bond motifs is 1. The molecule has 1 unspecified atom stereocenters. The molecule has 1 heterocycles. The molecule has 1 aliphatic heterocycles. The summed E-state index contributed by atoms with van der Waals surface area (Å²) in [6.45, 7) is 0.430. The van der Waals surface area contributed by atoms with E-state index >= 15 is 0 Å². The fourth-order valence-corrected chi connectivity index (χ4v) is 2.93. The molecule has 0 aromatic heterocycles.